The molecule has 0 spiro atoms. The van der Waals surface area contributed by atoms with E-state index >= 15 is 0 Å². The first-order valence-corrected chi connectivity index (χ1v) is 9.18. The van der Waals surface area contributed by atoms with Gasteiger partial charge in [0.25, 0.3) is 0 Å². The molecular weight excluding hydrogens is 353 g/mol. The van der Waals surface area contributed by atoms with E-state index in [4.69, 9.17) is 16.3 Å². The van der Waals surface area contributed by atoms with Crippen LogP contribution in [-0.2, 0) is 0 Å². The zero-order chi connectivity index (χ0) is 18.5. The summed E-state index contributed by atoms with van der Waals surface area (Å²) in [5, 5.41) is 2.23. The summed E-state index contributed by atoms with van der Waals surface area (Å²) in [7, 11) is 0. The summed E-state index contributed by atoms with van der Waals surface area (Å²) in [6.45, 7) is 6.04. The van der Waals surface area contributed by atoms with Crippen LogP contribution in [0, 0.1) is 19.7 Å². The maximum atomic E-state index is 13.3. The SMILES string of the molecule is Cc1cc(Oc2ccc(F)c(Cl)c2)c(C)cc1N=CNN1CCCCC1. The van der Waals surface area contributed by atoms with Crippen LogP contribution in [0.4, 0.5) is 10.1 Å². The molecule has 0 unspecified atom stereocenters. The summed E-state index contributed by atoms with van der Waals surface area (Å²) >= 11 is 5.81. The number of hydrazine groups is 1. The van der Waals surface area contributed by atoms with Crippen molar-refractivity contribution < 1.29 is 9.13 Å². The van der Waals surface area contributed by atoms with Crippen molar-refractivity contribution in [2.45, 2.75) is 33.1 Å². The van der Waals surface area contributed by atoms with Gasteiger partial charge in [-0.3, -0.25) is 0 Å². The van der Waals surface area contributed by atoms with E-state index in [1.165, 1.54) is 31.4 Å². The molecule has 6 heteroatoms. The lowest BCUT2D eigenvalue weighted by atomic mass is 10.1. The average Bonchev–Trinajstić information content (AvgIpc) is 2.63. The number of hydrogen-bond acceptors (Lipinski definition) is 3. The second-order valence-corrected chi connectivity index (χ2v) is 6.92. The van der Waals surface area contributed by atoms with E-state index in [9.17, 15) is 4.39 Å². The quantitative estimate of drug-likeness (QED) is 0.550. The fraction of sp³-hybridized carbons (Fsp3) is 0.350. The van der Waals surface area contributed by atoms with E-state index in [2.05, 4.69) is 15.4 Å². The van der Waals surface area contributed by atoms with Gasteiger partial charge in [-0.25, -0.2) is 14.4 Å². The monoisotopic (exact) mass is 375 g/mol. The average molecular weight is 376 g/mol. The summed E-state index contributed by atoms with van der Waals surface area (Å²) in [5.41, 5.74) is 6.07. The molecule has 4 nitrogen and oxygen atoms in total. The molecular formula is C20H23ClFN3O. The fourth-order valence-electron chi connectivity index (χ4n) is 2.89. The van der Waals surface area contributed by atoms with E-state index in [0.29, 0.717) is 11.5 Å². The molecule has 26 heavy (non-hydrogen) atoms. The van der Waals surface area contributed by atoms with Gasteiger partial charge in [0, 0.05) is 19.2 Å². The van der Waals surface area contributed by atoms with Gasteiger partial charge in [0.15, 0.2) is 0 Å². The molecule has 1 N–H and O–H groups in total. The molecule has 1 aliphatic heterocycles. The molecule has 1 heterocycles. The first kappa shape index (κ1) is 18.7. The van der Waals surface area contributed by atoms with Crippen molar-refractivity contribution in [3.8, 4) is 11.5 Å². The number of aryl methyl sites for hydroxylation is 2. The Morgan fingerprint density at radius 1 is 1.12 bits per heavy atom. The topological polar surface area (TPSA) is 36.9 Å². The maximum absolute atomic E-state index is 13.3. The second-order valence-electron chi connectivity index (χ2n) is 6.52. The molecule has 0 atom stereocenters. The Morgan fingerprint density at radius 2 is 1.88 bits per heavy atom. The summed E-state index contributed by atoms with van der Waals surface area (Å²) in [5.74, 6) is 0.743. The highest BCUT2D eigenvalue weighted by Crippen LogP contribution is 2.32. The van der Waals surface area contributed by atoms with Gasteiger partial charge in [0.2, 0.25) is 0 Å². The Labute approximate surface area is 158 Å². The first-order valence-electron chi connectivity index (χ1n) is 8.81. The third kappa shape index (κ3) is 4.74. The van der Waals surface area contributed by atoms with E-state index in [1.54, 1.807) is 12.4 Å². The minimum absolute atomic E-state index is 0.0434. The number of nitrogens with zero attached hydrogens (tertiary/aromatic N) is 2. The molecule has 0 saturated carbocycles. The minimum Gasteiger partial charge on any atom is -0.457 e. The lowest BCUT2D eigenvalue weighted by molar-refractivity contribution is 0.197. The zero-order valence-corrected chi connectivity index (χ0v) is 15.8. The van der Waals surface area contributed by atoms with Crippen molar-refractivity contribution in [1.29, 1.82) is 0 Å². The predicted octanol–water partition coefficient (Wildman–Crippen LogP) is 5.54. The standard InChI is InChI=1S/C20H23ClFN3O/c1-14-11-20(26-16-6-7-18(22)17(21)12-16)15(2)10-19(14)23-13-24-25-8-4-3-5-9-25/h6-7,10-13H,3-5,8-9H2,1-2H3,(H,23,24). The van der Waals surface area contributed by atoms with E-state index in [-0.39, 0.29) is 5.02 Å². The minimum atomic E-state index is -0.460. The van der Waals surface area contributed by atoms with E-state index in [0.717, 1.165) is 29.9 Å². The number of hydrogen-bond donors (Lipinski definition) is 1. The summed E-state index contributed by atoms with van der Waals surface area (Å²) < 4.78 is 19.1. The maximum Gasteiger partial charge on any atom is 0.142 e. The number of nitrogens with one attached hydrogen (secondary N) is 1. The Kier molecular flexibility index (Phi) is 6.12. The van der Waals surface area contributed by atoms with Gasteiger partial charge in [-0.1, -0.05) is 18.0 Å². The van der Waals surface area contributed by atoms with Crippen molar-refractivity contribution in [3.63, 3.8) is 0 Å². The highest BCUT2D eigenvalue weighted by Gasteiger charge is 2.09. The lowest BCUT2D eigenvalue weighted by Crippen LogP contribution is -2.40. The van der Waals surface area contributed by atoms with Gasteiger partial charge in [-0.2, -0.15) is 0 Å². The van der Waals surface area contributed by atoms with Crippen molar-refractivity contribution in [2.24, 2.45) is 4.99 Å². The van der Waals surface area contributed by atoms with Crippen LogP contribution < -0.4 is 10.2 Å². The number of aliphatic imine (C=N–C) groups is 1. The fourth-order valence-corrected chi connectivity index (χ4v) is 3.06. The van der Waals surface area contributed by atoms with Gasteiger partial charge in [0.1, 0.15) is 23.7 Å². The summed E-state index contributed by atoms with van der Waals surface area (Å²) in [4.78, 5) is 4.53. The molecule has 1 saturated heterocycles. The number of ether oxygens (including phenoxy) is 1. The van der Waals surface area contributed by atoms with Gasteiger partial charge < -0.3 is 10.2 Å². The molecule has 2 aromatic rings. The van der Waals surface area contributed by atoms with Crippen molar-refractivity contribution in [3.05, 3.63) is 52.3 Å². The second kappa shape index (κ2) is 8.52. The lowest BCUT2D eigenvalue weighted by Gasteiger charge is -2.25. The molecule has 1 aliphatic rings. The van der Waals surface area contributed by atoms with Crippen LogP contribution >= 0.6 is 11.6 Å². The molecule has 0 bridgehead atoms. The van der Waals surface area contributed by atoms with E-state index in [1.807, 2.05) is 26.0 Å². The van der Waals surface area contributed by atoms with Crippen LogP contribution in [0.3, 0.4) is 0 Å². The Morgan fingerprint density at radius 3 is 2.62 bits per heavy atom. The number of benzene rings is 2. The number of piperidine rings is 1. The normalized spacial score (nSPS) is 15.4. The van der Waals surface area contributed by atoms with Crippen LogP contribution in [-0.4, -0.2) is 24.4 Å². The van der Waals surface area contributed by atoms with Gasteiger partial charge in [-0.05, 0) is 62.1 Å². The van der Waals surface area contributed by atoms with E-state index < -0.39 is 5.82 Å². The highest BCUT2D eigenvalue weighted by molar-refractivity contribution is 6.30. The molecule has 2 aromatic carbocycles. The van der Waals surface area contributed by atoms with Crippen LogP contribution in [0.5, 0.6) is 11.5 Å². The van der Waals surface area contributed by atoms with Gasteiger partial charge in [0.05, 0.1) is 10.7 Å². The molecule has 0 radical (unpaired) electrons. The number of halogens is 2. The third-order valence-corrected chi connectivity index (χ3v) is 4.70. The van der Waals surface area contributed by atoms with Gasteiger partial charge >= 0.3 is 0 Å². The van der Waals surface area contributed by atoms with Crippen molar-refractivity contribution >= 4 is 23.6 Å². The highest BCUT2D eigenvalue weighted by atomic mass is 35.5. The van der Waals surface area contributed by atoms with Crippen LogP contribution in [0.15, 0.2) is 35.3 Å². The molecule has 0 amide bonds. The largest absolute Gasteiger partial charge is 0.457 e. The van der Waals surface area contributed by atoms with Crippen LogP contribution in [0.2, 0.25) is 5.02 Å². The first-order chi connectivity index (χ1) is 12.5. The molecule has 138 valence electrons. The van der Waals surface area contributed by atoms with Crippen LogP contribution in [0.1, 0.15) is 30.4 Å². The van der Waals surface area contributed by atoms with Crippen molar-refractivity contribution in [2.75, 3.05) is 13.1 Å². The molecule has 0 aromatic heterocycles. The van der Waals surface area contributed by atoms with Crippen molar-refractivity contribution in [1.82, 2.24) is 10.4 Å². The van der Waals surface area contributed by atoms with Crippen LogP contribution in [0.25, 0.3) is 0 Å². The summed E-state index contributed by atoms with van der Waals surface area (Å²) in [6.07, 6.45) is 5.48. The number of rotatable bonds is 5. The smallest absolute Gasteiger partial charge is 0.142 e. The van der Waals surface area contributed by atoms with Gasteiger partial charge in [-0.15, -0.1) is 0 Å². The Hall–Kier alpha value is -2.11. The summed E-state index contributed by atoms with van der Waals surface area (Å²) in [6, 6.07) is 8.24. The Balaban J connectivity index is 1.69. The third-order valence-electron chi connectivity index (χ3n) is 4.41. The predicted molar refractivity (Wildman–Crippen MR) is 104 cm³/mol. The molecule has 0 aliphatic carbocycles. The zero-order valence-electron chi connectivity index (χ0n) is 15.1. The molecule has 1 fully saturated rings. The Bertz CT molecular complexity index is 804. The molecule has 3 rings (SSSR count).